The van der Waals surface area contributed by atoms with E-state index in [2.05, 4.69) is 27.9 Å². The Kier molecular flexibility index (Phi) is 6.33. The van der Waals surface area contributed by atoms with Crippen molar-refractivity contribution in [3.8, 4) is 5.69 Å². The third-order valence-electron chi connectivity index (χ3n) is 4.08. The van der Waals surface area contributed by atoms with E-state index in [-0.39, 0.29) is 18.2 Å². The maximum Gasteiger partial charge on any atom is 0.268 e. The Hall–Kier alpha value is -1.43. The van der Waals surface area contributed by atoms with Crippen LogP contribution < -0.4 is 5.32 Å². The van der Waals surface area contributed by atoms with E-state index in [9.17, 15) is 13.2 Å². The number of sulfonamides is 1. The molecule has 26 heavy (non-hydrogen) atoms. The molecule has 0 spiro atoms. The highest BCUT2D eigenvalue weighted by Gasteiger charge is 2.24. The van der Waals surface area contributed by atoms with Crippen molar-refractivity contribution in [3.05, 3.63) is 51.9 Å². The minimum atomic E-state index is -3.38. The van der Waals surface area contributed by atoms with Crippen molar-refractivity contribution >= 4 is 38.5 Å². The summed E-state index contributed by atoms with van der Waals surface area (Å²) in [6, 6.07) is 11.3. The molecule has 0 radical (unpaired) electrons. The van der Waals surface area contributed by atoms with Crippen molar-refractivity contribution in [2.75, 3.05) is 38.6 Å². The molecule has 1 aromatic heterocycles. The van der Waals surface area contributed by atoms with Crippen LogP contribution in [0.5, 0.6) is 0 Å². The van der Waals surface area contributed by atoms with Crippen LogP contribution in [-0.4, -0.2) is 61.8 Å². The smallest absolute Gasteiger partial charge is 0.268 e. The van der Waals surface area contributed by atoms with Crippen LogP contribution in [0.3, 0.4) is 0 Å². The van der Waals surface area contributed by atoms with Crippen molar-refractivity contribution < 1.29 is 17.9 Å². The average Bonchev–Trinajstić information content (AvgIpc) is 3.12. The van der Waals surface area contributed by atoms with Crippen LogP contribution in [-0.2, 0) is 14.8 Å². The van der Waals surface area contributed by atoms with Gasteiger partial charge in [-0.25, -0.2) is 8.42 Å². The zero-order chi connectivity index (χ0) is 18.6. The predicted octanol–water partition coefficient (Wildman–Crippen LogP) is 1.47. The number of hydrogen-bond acceptors (Lipinski definition) is 4. The Morgan fingerprint density at radius 2 is 1.96 bits per heavy atom. The highest BCUT2D eigenvalue weighted by Crippen LogP contribution is 2.16. The maximum absolute atomic E-state index is 12.5. The van der Waals surface area contributed by atoms with E-state index in [1.165, 1.54) is 4.31 Å². The van der Waals surface area contributed by atoms with E-state index in [0.29, 0.717) is 32.0 Å². The fourth-order valence-corrected chi connectivity index (χ4v) is 4.61. The van der Waals surface area contributed by atoms with E-state index in [4.69, 9.17) is 4.74 Å². The molecular weight excluding hydrogens is 469 g/mol. The summed E-state index contributed by atoms with van der Waals surface area (Å²) >= 11 is 2.22. The number of halogens is 1. The number of nitrogens with one attached hydrogen (secondary N) is 1. The topological polar surface area (TPSA) is 80.6 Å². The van der Waals surface area contributed by atoms with Gasteiger partial charge in [-0.1, -0.05) is 6.07 Å². The van der Waals surface area contributed by atoms with Gasteiger partial charge in [-0.3, -0.25) is 4.79 Å². The first-order valence-corrected chi connectivity index (χ1v) is 10.9. The van der Waals surface area contributed by atoms with Gasteiger partial charge < -0.3 is 14.6 Å². The van der Waals surface area contributed by atoms with Crippen LogP contribution in [0.2, 0.25) is 0 Å². The lowest BCUT2D eigenvalue weighted by molar-refractivity contribution is 0.0730. The van der Waals surface area contributed by atoms with Gasteiger partial charge >= 0.3 is 0 Å². The van der Waals surface area contributed by atoms with Crippen LogP contribution in [0.1, 0.15) is 10.5 Å². The van der Waals surface area contributed by atoms with E-state index in [1.54, 1.807) is 16.7 Å². The molecule has 0 aliphatic carbocycles. The van der Waals surface area contributed by atoms with Crippen LogP contribution in [0.4, 0.5) is 0 Å². The van der Waals surface area contributed by atoms with Crippen LogP contribution in [0.25, 0.3) is 5.69 Å². The standard InChI is InChI=1S/C17H20IN3O4S/c18-14-3-1-4-15(13-14)21-7-2-5-16(21)17(22)19-6-12-26(23,24)20-8-10-25-11-9-20/h1-5,7,13H,6,8-12H2,(H,19,22). The number of benzene rings is 1. The number of ether oxygens (including phenoxy) is 1. The highest BCUT2D eigenvalue weighted by molar-refractivity contribution is 14.1. The van der Waals surface area contributed by atoms with Crippen molar-refractivity contribution in [1.82, 2.24) is 14.2 Å². The highest BCUT2D eigenvalue weighted by atomic mass is 127. The summed E-state index contributed by atoms with van der Waals surface area (Å²) in [5.74, 6) is -0.422. The Morgan fingerprint density at radius 1 is 1.19 bits per heavy atom. The lowest BCUT2D eigenvalue weighted by Gasteiger charge is -2.26. The van der Waals surface area contributed by atoms with Crippen LogP contribution in [0, 0.1) is 3.57 Å². The first kappa shape index (κ1) is 19.3. The number of carbonyl (C=O) groups excluding carboxylic acids is 1. The first-order chi connectivity index (χ1) is 12.5. The molecular formula is C17H20IN3O4S. The molecule has 7 nitrogen and oxygen atoms in total. The Balaban J connectivity index is 1.62. The summed E-state index contributed by atoms with van der Waals surface area (Å²) in [5, 5.41) is 2.71. The molecule has 1 aliphatic heterocycles. The largest absolute Gasteiger partial charge is 0.379 e. The van der Waals surface area contributed by atoms with Gasteiger partial charge in [0, 0.05) is 35.1 Å². The second kappa shape index (κ2) is 8.51. The Morgan fingerprint density at radius 3 is 2.69 bits per heavy atom. The number of hydrogen-bond donors (Lipinski definition) is 1. The van der Waals surface area contributed by atoms with Gasteiger partial charge in [-0.2, -0.15) is 4.31 Å². The van der Waals surface area contributed by atoms with Crippen molar-refractivity contribution in [2.24, 2.45) is 0 Å². The molecule has 2 aromatic rings. The molecule has 140 valence electrons. The van der Waals surface area contributed by atoms with Crippen molar-refractivity contribution in [1.29, 1.82) is 0 Å². The number of rotatable bonds is 6. The molecule has 1 amide bonds. The van der Waals surface area contributed by atoms with Gasteiger partial charge in [0.2, 0.25) is 10.0 Å². The van der Waals surface area contributed by atoms with E-state index < -0.39 is 10.0 Å². The molecule has 1 saturated heterocycles. The normalized spacial score (nSPS) is 15.7. The summed E-state index contributed by atoms with van der Waals surface area (Å²) in [7, 11) is -3.38. The molecule has 0 atom stereocenters. The monoisotopic (exact) mass is 489 g/mol. The maximum atomic E-state index is 12.5. The molecule has 3 rings (SSSR count). The fourth-order valence-electron chi connectivity index (χ4n) is 2.76. The molecule has 1 aliphatic rings. The number of nitrogens with zero attached hydrogens (tertiary/aromatic N) is 2. The van der Waals surface area contributed by atoms with E-state index in [0.717, 1.165) is 9.26 Å². The zero-order valence-electron chi connectivity index (χ0n) is 14.1. The van der Waals surface area contributed by atoms with Gasteiger partial charge in [0.15, 0.2) is 0 Å². The lowest BCUT2D eigenvalue weighted by Crippen LogP contribution is -2.43. The third-order valence-corrected chi connectivity index (χ3v) is 6.62. The van der Waals surface area contributed by atoms with Crippen LogP contribution >= 0.6 is 22.6 Å². The third kappa shape index (κ3) is 4.64. The molecule has 2 heterocycles. The van der Waals surface area contributed by atoms with Crippen molar-refractivity contribution in [3.63, 3.8) is 0 Å². The second-order valence-corrected chi connectivity index (χ2v) is 9.16. The molecule has 0 bridgehead atoms. The number of amides is 1. The summed E-state index contributed by atoms with van der Waals surface area (Å²) in [6.07, 6.45) is 1.81. The Bertz CT molecular complexity index is 876. The quantitative estimate of drug-likeness (QED) is 0.624. The fraction of sp³-hybridized carbons (Fsp3) is 0.353. The summed E-state index contributed by atoms with van der Waals surface area (Å²) in [4.78, 5) is 12.5. The lowest BCUT2D eigenvalue weighted by atomic mass is 10.3. The molecule has 9 heteroatoms. The van der Waals surface area contributed by atoms with E-state index in [1.807, 2.05) is 30.5 Å². The summed E-state index contributed by atoms with van der Waals surface area (Å²) < 4.78 is 34.0. The molecule has 0 unspecified atom stereocenters. The SMILES string of the molecule is O=C(NCCS(=O)(=O)N1CCOCC1)c1cccn1-c1cccc(I)c1. The second-order valence-electron chi connectivity index (χ2n) is 5.83. The van der Waals surface area contributed by atoms with Crippen LogP contribution in [0.15, 0.2) is 42.6 Å². The minimum absolute atomic E-state index is 0.0655. The zero-order valence-corrected chi connectivity index (χ0v) is 17.1. The average molecular weight is 489 g/mol. The minimum Gasteiger partial charge on any atom is -0.379 e. The predicted molar refractivity (Wildman–Crippen MR) is 107 cm³/mol. The molecule has 1 fully saturated rings. The van der Waals surface area contributed by atoms with Gasteiger partial charge in [0.1, 0.15) is 5.69 Å². The molecule has 0 saturated carbocycles. The molecule has 1 aromatic carbocycles. The number of aromatic nitrogens is 1. The number of carbonyl (C=O) groups is 1. The van der Waals surface area contributed by atoms with Gasteiger partial charge in [-0.05, 0) is 52.9 Å². The van der Waals surface area contributed by atoms with Gasteiger partial charge in [0.25, 0.3) is 5.91 Å². The summed E-state index contributed by atoms with van der Waals surface area (Å²) in [6.45, 7) is 1.62. The number of morpholine rings is 1. The van der Waals surface area contributed by atoms with E-state index >= 15 is 0 Å². The Labute approximate surface area is 166 Å². The van der Waals surface area contributed by atoms with Gasteiger partial charge in [0.05, 0.1) is 19.0 Å². The van der Waals surface area contributed by atoms with Gasteiger partial charge in [-0.15, -0.1) is 0 Å². The molecule has 1 N–H and O–H groups in total. The summed E-state index contributed by atoms with van der Waals surface area (Å²) in [5.41, 5.74) is 1.35. The first-order valence-electron chi connectivity index (χ1n) is 8.24. The van der Waals surface area contributed by atoms with Crippen molar-refractivity contribution in [2.45, 2.75) is 0 Å².